The molecule has 0 radical (unpaired) electrons. The number of amides is 1. The number of carbonyl (C=O) groups is 1. The highest BCUT2D eigenvalue weighted by molar-refractivity contribution is 5.81. The molecule has 0 aromatic carbocycles. The van der Waals surface area contributed by atoms with Gasteiger partial charge in [0.25, 0.3) is 0 Å². The molecule has 20 heavy (non-hydrogen) atoms. The van der Waals surface area contributed by atoms with Crippen molar-refractivity contribution in [2.75, 3.05) is 19.8 Å². The Hall–Kier alpha value is -1.33. The van der Waals surface area contributed by atoms with E-state index in [1.807, 2.05) is 13.0 Å². The maximum Gasteiger partial charge on any atom is 0.237 e. The van der Waals surface area contributed by atoms with Crippen molar-refractivity contribution in [3.05, 3.63) is 24.2 Å². The minimum atomic E-state index is -0.213. The molecule has 1 aromatic rings. The fourth-order valence-corrected chi connectivity index (χ4v) is 1.65. The van der Waals surface area contributed by atoms with Crippen LogP contribution in [-0.2, 0) is 16.1 Å². The Kier molecular flexibility index (Phi) is 7.99. The van der Waals surface area contributed by atoms with Crippen molar-refractivity contribution in [3.8, 4) is 0 Å². The third kappa shape index (κ3) is 7.31. The molecule has 0 aliphatic carbocycles. The maximum absolute atomic E-state index is 11.8. The van der Waals surface area contributed by atoms with Crippen LogP contribution < -0.4 is 10.6 Å². The summed E-state index contributed by atoms with van der Waals surface area (Å²) in [6.07, 6.45) is 2.50. The van der Waals surface area contributed by atoms with Gasteiger partial charge >= 0.3 is 0 Å². The lowest BCUT2D eigenvalue weighted by atomic mass is 10.2. The Morgan fingerprint density at radius 2 is 2.20 bits per heavy atom. The zero-order valence-corrected chi connectivity index (χ0v) is 12.6. The second-order valence-electron chi connectivity index (χ2n) is 5.30. The Morgan fingerprint density at radius 3 is 2.85 bits per heavy atom. The predicted molar refractivity (Wildman–Crippen MR) is 78.3 cm³/mol. The molecule has 0 saturated heterocycles. The van der Waals surface area contributed by atoms with Crippen molar-refractivity contribution in [1.82, 2.24) is 10.6 Å². The lowest BCUT2D eigenvalue weighted by Gasteiger charge is -2.13. The standard InChI is InChI=1S/C15H26N2O3/c1-12(2)11-19-8-5-7-16-13(3)15(18)17-10-14-6-4-9-20-14/h4,6,9,12-13,16H,5,7-8,10-11H2,1-3H3,(H,17,18). The summed E-state index contributed by atoms with van der Waals surface area (Å²) in [4.78, 5) is 11.8. The molecule has 1 unspecified atom stereocenters. The van der Waals surface area contributed by atoms with Gasteiger partial charge in [-0.1, -0.05) is 13.8 Å². The molecule has 0 spiro atoms. The second kappa shape index (κ2) is 9.55. The lowest BCUT2D eigenvalue weighted by molar-refractivity contribution is -0.123. The van der Waals surface area contributed by atoms with Crippen molar-refractivity contribution >= 4 is 5.91 Å². The van der Waals surface area contributed by atoms with Crippen LogP contribution in [0.2, 0.25) is 0 Å². The molecule has 1 heterocycles. The quantitative estimate of drug-likeness (QED) is 0.644. The molecule has 1 aromatic heterocycles. The Labute approximate surface area is 121 Å². The van der Waals surface area contributed by atoms with E-state index >= 15 is 0 Å². The zero-order chi connectivity index (χ0) is 14.8. The van der Waals surface area contributed by atoms with Crippen LogP contribution in [0.4, 0.5) is 0 Å². The molecule has 114 valence electrons. The molecular weight excluding hydrogens is 256 g/mol. The molecule has 1 amide bonds. The van der Waals surface area contributed by atoms with Crippen molar-refractivity contribution in [1.29, 1.82) is 0 Å². The van der Waals surface area contributed by atoms with E-state index in [-0.39, 0.29) is 11.9 Å². The van der Waals surface area contributed by atoms with Crippen LogP contribution in [0.25, 0.3) is 0 Å². The number of rotatable bonds is 10. The van der Waals surface area contributed by atoms with Gasteiger partial charge < -0.3 is 19.8 Å². The van der Waals surface area contributed by atoms with E-state index in [0.29, 0.717) is 12.5 Å². The molecule has 1 rings (SSSR count). The molecule has 0 aliphatic heterocycles. The molecule has 0 saturated carbocycles. The summed E-state index contributed by atoms with van der Waals surface area (Å²) in [6, 6.07) is 3.43. The van der Waals surface area contributed by atoms with Crippen LogP contribution in [0.5, 0.6) is 0 Å². The van der Waals surface area contributed by atoms with Crippen LogP contribution in [0.15, 0.2) is 22.8 Å². The largest absolute Gasteiger partial charge is 0.467 e. The summed E-state index contributed by atoms with van der Waals surface area (Å²) < 4.78 is 10.6. The van der Waals surface area contributed by atoms with Crippen molar-refractivity contribution in [2.24, 2.45) is 5.92 Å². The lowest BCUT2D eigenvalue weighted by Crippen LogP contribution is -2.42. The number of furan rings is 1. The normalized spacial score (nSPS) is 12.6. The average Bonchev–Trinajstić information content (AvgIpc) is 2.92. The highest BCUT2D eigenvalue weighted by Crippen LogP contribution is 1.99. The van der Waals surface area contributed by atoms with E-state index in [2.05, 4.69) is 24.5 Å². The van der Waals surface area contributed by atoms with Crippen molar-refractivity contribution in [3.63, 3.8) is 0 Å². The van der Waals surface area contributed by atoms with E-state index in [4.69, 9.17) is 9.15 Å². The summed E-state index contributed by atoms with van der Waals surface area (Å²) >= 11 is 0. The summed E-state index contributed by atoms with van der Waals surface area (Å²) in [5.74, 6) is 1.30. The van der Waals surface area contributed by atoms with Crippen LogP contribution in [0.1, 0.15) is 33.0 Å². The van der Waals surface area contributed by atoms with E-state index in [0.717, 1.165) is 31.9 Å². The second-order valence-corrected chi connectivity index (χ2v) is 5.30. The van der Waals surface area contributed by atoms with Gasteiger partial charge in [-0.2, -0.15) is 0 Å². The molecule has 0 fully saturated rings. The summed E-state index contributed by atoms with van der Waals surface area (Å²) in [5.41, 5.74) is 0. The van der Waals surface area contributed by atoms with E-state index in [1.54, 1.807) is 12.3 Å². The van der Waals surface area contributed by atoms with Gasteiger partial charge in [-0.3, -0.25) is 4.79 Å². The van der Waals surface area contributed by atoms with Gasteiger partial charge in [0.1, 0.15) is 5.76 Å². The molecular formula is C15H26N2O3. The van der Waals surface area contributed by atoms with Crippen LogP contribution >= 0.6 is 0 Å². The van der Waals surface area contributed by atoms with Crippen molar-refractivity contribution < 1.29 is 13.9 Å². The molecule has 1 atom stereocenters. The average molecular weight is 282 g/mol. The minimum absolute atomic E-state index is 0.0236. The van der Waals surface area contributed by atoms with Gasteiger partial charge in [-0.05, 0) is 37.9 Å². The van der Waals surface area contributed by atoms with E-state index in [9.17, 15) is 4.79 Å². The molecule has 0 bridgehead atoms. The first-order chi connectivity index (χ1) is 9.59. The van der Waals surface area contributed by atoms with E-state index < -0.39 is 0 Å². The first-order valence-corrected chi connectivity index (χ1v) is 7.20. The van der Waals surface area contributed by atoms with Gasteiger partial charge in [0.2, 0.25) is 5.91 Å². The number of nitrogens with one attached hydrogen (secondary N) is 2. The zero-order valence-electron chi connectivity index (χ0n) is 12.6. The Bertz CT molecular complexity index is 363. The highest BCUT2D eigenvalue weighted by atomic mass is 16.5. The number of ether oxygens (including phenoxy) is 1. The summed E-state index contributed by atoms with van der Waals surface area (Å²) in [7, 11) is 0. The van der Waals surface area contributed by atoms with Gasteiger partial charge in [0.05, 0.1) is 18.8 Å². The predicted octanol–water partition coefficient (Wildman–Crippen LogP) is 1.94. The summed E-state index contributed by atoms with van der Waals surface area (Å²) in [5, 5.41) is 6.00. The van der Waals surface area contributed by atoms with Gasteiger partial charge in [0, 0.05) is 13.2 Å². The molecule has 5 nitrogen and oxygen atoms in total. The maximum atomic E-state index is 11.8. The van der Waals surface area contributed by atoms with Gasteiger partial charge in [-0.15, -0.1) is 0 Å². The molecule has 2 N–H and O–H groups in total. The fourth-order valence-electron chi connectivity index (χ4n) is 1.65. The fraction of sp³-hybridized carbons (Fsp3) is 0.667. The van der Waals surface area contributed by atoms with Crippen LogP contribution in [0, 0.1) is 5.92 Å². The Balaban J connectivity index is 2.03. The third-order valence-corrected chi connectivity index (χ3v) is 2.78. The van der Waals surface area contributed by atoms with Gasteiger partial charge in [0.15, 0.2) is 0 Å². The number of hydrogen-bond donors (Lipinski definition) is 2. The Morgan fingerprint density at radius 1 is 1.40 bits per heavy atom. The smallest absolute Gasteiger partial charge is 0.237 e. The highest BCUT2D eigenvalue weighted by Gasteiger charge is 2.11. The minimum Gasteiger partial charge on any atom is -0.467 e. The van der Waals surface area contributed by atoms with E-state index in [1.165, 1.54) is 0 Å². The summed E-state index contributed by atoms with van der Waals surface area (Å²) in [6.45, 7) is 8.83. The first-order valence-electron chi connectivity index (χ1n) is 7.20. The number of carbonyl (C=O) groups excluding carboxylic acids is 1. The monoisotopic (exact) mass is 282 g/mol. The molecule has 5 heteroatoms. The molecule has 0 aliphatic rings. The first kappa shape index (κ1) is 16.7. The van der Waals surface area contributed by atoms with Crippen molar-refractivity contribution in [2.45, 2.75) is 39.8 Å². The van der Waals surface area contributed by atoms with Crippen LogP contribution in [0.3, 0.4) is 0 Å². The topological polar surface area (TPSA) is 63.5 Å². The number of hydrogen-bond acceptors (Lipinski definition) is 4. The SMILES string of the molecule is CC(C)COCCCNC(C)C(=O)NCc1ccco1. The van der Waals surface area contributed by atoms with Crippen LogP contribution in [-0.4, -0.2) is 31.7 Å². The third-order valence-electron chi connectivity index (χ3n) is 2.78. The van der Waals surface area contributed by atoms with Gasteiger partial charge in [-0.25, -0.2) is 0 Å².